The van der Waals surface area contributed by atoms with Crippen molar-refractivity contribution < 1.29 is 38.7 Å². The summed E-state index contributed by atoms with van der Waals surface area (Å²) in [4.78, 5) is 42.0. The number of aromatic nitrogens is 5. The van der Waals surface area contributed by atoms with Crippen LogP contribution in [0, 0.1) is 6.92 Å². The number of halogens is 1. The number of anilines is 2. The maximum absolute atomic E-state index is 13.0. The van der Waals surface area contributed by atoms with Gasteiger partial charge in [-0.15, -0.1) is 11.3 Å². The molecule has 2 aliphatic rings. The third-order valence-corrected chi connectivity index (χ3v) is 12.4. The highest BCUT2D eigenvalue weighted by Crippen LogP contribution is 2.34. The SMILES string of the molecule is CNCC(O)COc1cc(Cl)cc(-c2nc(C(=O)OC)cc(N(C)C3CCOC(CN(c4cc(-c5nc(C)cs5)nc(-c5cccc(OCC(O)CNC)c5)n4)C4CCOCC4)C3)n2)c1. The number of benzene rings is 2. The maximum Gasteiger partial charge on any atom is 0.356 e. The summed E-state index contributed by atoms with van der Waals surface area (Å²) in [5, 5.41) is 29.6. The first-order chi connectivity index (χ1) is 31.5. The van der Waals surface area contributed by atoms with Crippen LogP contribution >= 0.6 is 22.9 Å². The first kappa shape index (κ1) is 47.9. The number of hydrogen-bond acceptors (Lipinski definition) is 18. The first-order valence-corrected chi connectivity index (χ1v) is 23.1. The summed E-state index contributed by atoms with van der Waals surface area (Å²) >= 11 is 8.08. The highest BCUT2D eigenvalue weighted by Gasteiger charge is 2.33. The summed E-state index contributed by atoms with van der Waals surface area (Å²) in [5.41, 5.74) is 3.02. The number of ether oxygens (including phenoxy) is 5. The van der Waals surface area contributed by atoms with E-state index >= 15 is 0 Å². The lowest BCUT2D eigenvalue weighted by atomic mass is 9.99. The molecule has 0 spiro atoms. The number of thiazole rings is 1. The van der Waals surface area contributed by atoms with Crippen LogP contribution in [0.5, 0.6) is 11.5 Å². The molecule has 7 rings (SSSR count). The molecule has 2 aromatic carbocycles. The fourth-order valence-corrected chi connectivity index (χ4v) is 8.87. The van der Waals surface area contributed by atoms with E-state index in [4.69, 9.17) is 55.2 Å². The fraction of sp³-hybridized carbons (Fsp3) is 0.478. The van der Waals surface area contributed by atoms with E-state index in [9.17, 15) is 15.0 Å². The second-order valence-electron chi connectivity index (χ2n) is 16.2. The van der Waals surface area contributed by atoms with E-state index in [1.54, 1.807) is 38.4 Å². The quantitative estimate of drug-likeness (QED) is 0.0755. The van der Waals surface area contributed by atoms with Crippen LogP contribution in [-0.4, -0.2) is 152 Å². The van der Waals surface area contributed by atoms with E-state index in [2.05, 4.69) is 25.4 Å². The smallest absolute Gasteiger partial charge is 0.356 e. The summed E-state index contributed by atoms with van der Waals surface area (Å²) in [6, 6.07) is 16.4. The monoisotopic (exact) mass is 931 g/mol. The molecule has 0 saturated carbocycles. The summed E-state index contributed by atoms with van der Waals surface area (Å²) < 4.78 is 29.3. The molecule has 348 valence electrons. The lowest BCUT2D eigenvalue weighted by Gasteiger charge is -2.41. The fourth-order valence-electron chi connectivity index (χ4n) is 7.89. The Balaban J connectivity index is 1.17. The highest BCUT2D eigenvalue weighted by molar-refractivity contribution is 7.13. The van der Waals surface area contributed by atoms with Crippen molar-refractivity contribution in [2.24, 2.45) is 0 Å². The number of nitrogens with zero attached hydrogens (tertiary/aromatic N) is 7. The van der Waals surface area contributed by atoms with Gasteiger partial charge in [0, 0.05) is 97.9 Å². The second-order valence-corrected chi connectivity index (χ2v) is 17.5. The topological polar surface area (TPSA) is 199 Å². The van der Waals surface area contributed by atoms with Crippen molar-refractivity contribution in [3.05, 3.63) is 76.4 Å². The average molecular weight is 933 g/mol. The predicted octanol–water partition coefficient (Wildman–Crippen LogP) is 5.06. The van der Waals surface area contributed by atoms with Crippen LogP contribution in [0.25, 0.3) is 33.5 Å². The molecule has 2 saturated heterocycles. The minimum atomic E-state index is -0.726. The second kappa shape index (κ2) is 22.9. The number of methoxy groups -OCH3 is 1. The van der Waals surface area contributed by atoms with E-state index in [1.165, 1.54) is 18.4 Å². The van der Waals surface area contributed by atoms with Crippen molar-refractivity contribution in [3.8, 4) is 45.0 Å². The Bertz CT molecular complexity index is 2350. The standard InChI is InChI=1S/C46H58ClN9O8S/c1-28-27-65-45(50-28)39-20-42(54-43(51-39)29-7-6-8-36(16-29)63-25-34(57)22-48-2)56(32-9-12-61-13-10-32)24-38-19-33(11-14-62-38)55(4)41-21-40(46(59)60-5)52-44(53-41)30-15-31(47)18-37(17-30)64-26-35(58)23-49-3/h6-8,15-18,20-21,27,32-35,38,48-49,57-58H,9-14,19,22-26H2,1-5H3. The normalized spacial score (nSPS) is 17.6. The Labute approximate surface area is 388 Å². The first-order valence-electron chi connectivity index (χ1n) is 21.8. The molecule has 2 aliphatic heterocycles. The number of aliphatic hydroxyl groups excluding tert-OH is 2. The molecule has 65 heavy (non-hydrogen) atoms. The number of esters is 1. The zero-order valence-electron chi connectivity index (χ0n) is 37.4. The number of aliphatic hydroxyl groups is 2. The molecule has 0 radical (unpaired) electrons. The Morgan fingerprint density at radius 2 is 1.55 bits per heavy atom. The molecule has 2 fully saturated rings. The maximum atomic E-state index is 13.0. The lowest BCUT2D eigenvalue weighted by molar-refractivity contribution is 0.00832. The molecule has 3 aromatic heterocycles. The number of likely N-dealkylation sites (N-methyl/N-ethyl adjacent to an activating group) is 2. The van der Waals surface area contributed by atoms with Crippen LogP contribution in [0.3, 0.4) is 0 Å². The van der Waals surface area contributed by atoms with Crippen molar-refractivity contribution >= 4 is 40.5 Å². The van der Waals surface area contributed by atoms with Crippen LogP contribution < -0.4 is 29.9 Å². The number of carbonyl (C=O) groups excluding carboxylic acids is 1. The van der Waals surface area contributed by atoms with Crippen LogP contribution in [0.4, 0.5) is 11.6 Å². The number of hydrogen-bond donors (Lipinski definition) is 4. The van der Waals surface area contributed by atoms with Crippen molar-refractivity contribution in [2.45, 2.75) is 63.0 Å². The van der Waals surface area contributed by atoms with Gasteiger partial charge in [-0.05, 0) is 77.0 Å². The van der Waals surface area contributed by atoms with E-state index < -0.39 is 18.2 Å². The van der Waals surface area contributed by atoms with Gasteiger partial charge < -0.3 is 54.3 Å². The van der Waals surface area contributed by atoms with E-state index in [0.717, 1.165) is 41.3 Å². The number of aryl methyl sites for hydroxylation is 1. The van der Waals surface area contributed by atoms with Crippen molar-refractivity contribution in [2.75, 3.05) is 90.7 Å². The Morgan fingerprint density at radius 1 is 0.862 bits per heavy atom. The van der Waals surface area contributed by atoms with Crippen molar-refractivity contribution in [1.29, 1.82) is 0 Å². The number of nitrogens with one attached hydrogen (secondary N) is 2. The molecule has 5 aromatic rings. The molecule has 4 unspecified atom stereocenters. The summed E-state index contributed by atoms with van der Waals surface area (Å²) in [5.74, 6) is 2.49. The van der Waals surface area contributed by atoms with E-state index in [1.807, 2.05) is 49.7 Å². The molecule has 5 heterocycles. The number of rotatable bonds is 20. The molecule has 4 atom stereocenters. The molecule has 0 aliphatic carbocycles. The molecule has 19 heteroatoms. The predicted molar refractivity (Wildman–Crippen MR) is 250 cm³/mol. The molecule has 0 amide bonds. The third-order valence-electron chi connectivity index (χ3n) is 11.2. The minimum absolute atomic E-state index is 0.0189. The van der Waals surface area contributed by atoms with Gasteiger partial charge in [0.15, 0.2) is 17.3 Å². The third kappa shape index (κ3) is 12.9. The van der Waals surface area contributed by atoms with E-state index in [-0.39, 0.29) is 42.9 Å². The largest absolute Gasteiger partial charge is 0.491 e. The Hall–Kier alpha value is -5.05. The minimum Gasteiger partial charge on any atom is -0.491 e. The van der Waals surface area contributed by atoms with Gasteiger partial charge >= 0.3 is 5.97 Å². The molecule has 4 N–H and O–H groups in total. The van der Waals surface area contributed by atoms with Crippen LogP contribution in [0.1, 0.15) is 41.9 Å². The molecule has 17 nitrogen and oxygen atoms in total. The highest BCUT2D eigenvalue weighted by atomic mass is 35.5. The summed E-state index contributed by atoms with van der Waals surface area (Å²) in [6.07, 6.45) is 1.41. The van der Waals surface area contributed by atoms with Gasteiger partial charge in [-0.1, -0.05) is 23.7 Å². The van der Waals surface area contributed by atoms with Crippen molar-refractivity contribution in [1.82, 2.24) is 35.6 Å². The lowest BCUT2D eigenvalue weighted by Crippen LogP contribution is -2.49. The van der Waals surface area contributed by atoms with Gasteiger partial charge in [-0.2, -0.15) is 0 Å². The van der Waals surface area contributed by atoms with Crippen LogP contribution in [0.15, 0.2) is 60.0 Å². The van der Waals surface area contributed by atoms with Gasteiger partial charge in [-0.25, -0.2) is 29.7 Å². The van der Waals surface area contributed by atoms with Gasteiger partial charge in [0.25, 0.3) is 0 Å². The van der Waals surface area contributed by atoms with Gasteiger partial charge in [0.05, 0.1) is 13.2 Å². The zero-order valence-corrected chi connectivity index (χ0v) is 39.0. The molecular weight excluding hydrogens is 874 g/mol. The van der Waals surface area contributed by atoms with Gasteiger partial charge in [-0.3, -0.25) is 0 Å². The molecule has 0 bridgehead atoms. The average Bonchev–Trinajstić information content (AvgIpc) is 3.77. The molecular formula is C46H58ClN9O8S. The van der Waals surface area contributed by atoms with E-state index in [0.29, 0.717) is 85.3 Å². The number of carbonyl (C=O) groups is 1. The van der Waals surface area contributed by atoms with Gasteiger partial charge in [0.2, 0.25) is 0 Å². The van der Waals surface area contributed by atoms with Crippen LogP contribution in [-0.2, 0) is 14.2 Å². The summed E-state index contributed by atoms with van der Waals surface area (Å²) in [6.45, 7) is 5.24. The van der Waals surface area contributed by atoms with Crippen molar-refractivity contribution in [3.63, 3.8) is 0 Å². The Morgan fingerprint density at radius 3 is 2.26 bits per heavy atom. The zero-order chi connectivity index (χ0) is 45.9. The Kier molecular flexibility index (Phi) is 16.9. The van der Waals surface area contributed by atoms with Crippen LogP contribution in [0.2, 0.25) is 5.02 Å². The van der Waals surface area contributed by atoms with Gasteiger partial charge in [0.1, 0.15) is 59.3 Å². The summed E-state index contributed by atoms with van der Waals surface area (Å²) in [7, 11) is 6.81.